The van der Waals surface area contributed by atoms with E-state index in [2.05, 4.69) is 10.3 Å². The summed E-state index contributed by atoms with van der Waals surface area (Å²) >= 11 is 2.56. The van der Waals surface area contributed by atoms with Crippen molar-refractivity contribution in [2.75, 3.05) is 5.32 Å². The van der Waals surface area contributed by atoms with Crippen LogP contribution in [0.1, 0.15) is 48.2 Å². The lowest BCUT2D eigenvalue weighted by atomic mass is 9.70. The van der Waals surface area contributed by atoms with E-state index in [-0.39, 0.29) is 36.9 Å². The molecule has 6 rings (SSSR count). The SMILES string of the molecule is Cc1csc(-c2c(NC(=O)C3=C(OC(=O)O)C4CCC3CC4)sc3c2CC[C@@H](C(F)(F)F)C3)n1. The number of carbonyl (C=O) groups excluding carboxylic acids is 1. The number of hydrogen-bond donors (Lipinski definition) is 2. The smallest absolute Gasteiger partial charge is 0.449 e. The van der Waals surface area contributed by atoms with Gasteiger partial charge in [0.05, 0.1) is 11.5 Å². The van der Waals surface area contributed by atoms with Crippen molar-refractivity contribution in [3.63, 3.8) is 0 Å². The highest BCUT2D eigenvalue weighted by molar-refractivity contribution is 7.18. The number of ether oxygens (including phenoxy) is 1. The average Bonchev–Trinajstić information content (AvgIpc) is 3.35. The average molecular weight is 513 g/mol. The summed E-state index contributed by atoms with van der Waals surface area (Å²) in [7, 11) is 0. The zero-order chi connectivity index (χ0) is 24.2. The van der Waals surface area contributed by atoms with Gasteiger partial charge in [-0.1, -0.05) is 0 Å². The summed E-state index contributed by atoms with van der Waals surface area (Å²) in [4.78, 5) is 29.9. The van der Waals surface area contributed by atoms with Crippen LogP contribution in [0.25, 0.3) is 10.6 Å². The third-order valence-corrected chi connectivity index (χ3v) is 9.15. The Morgan fingerprint density at radius 3 is 2.50 bits per heavy atom. The molecule has 4 aliphatic carbocycles. The number of thiophene rings is 1. The van der Waals surface area contributed by atoms with Crippen molar-refractivity contribution in [3.05, 3.63) is 32.8 Å². The number of hydrogen-bond acceptors (Lipinski definition) is 6. The van der Waals surface area contributed by atoms with Crippen LogP contribution >= 0.6 is 22.7 Å². The first kappa shape index (κ1) is 23.3. The Kier molecular flexibility index (Phi) is 5.96. The first-order chi connectivity index (χ1) is 16.1. The zero-order valence-corrected chi connectivity index (χ0v) is 20.0. The molecular weight excluding hydrogens is 489 g/mol. The van der Waals surface area contributed by atoms with Crippen molar-refractivity contribution in [1.82, 2.24) is 4.98 Å². The van der Waals surface area contributed by atoms with E-state index >= 15 is 0 Å². The number of allylic oxidation sites excluding steroid dienone is 1. The van der Waals surface area contributed by atoms with Gasteiger partial charge in [-0.15, -0.1) is 22.7 Å². The Morgan fingerprint density at radius 2 is 1.88 bits per heavy atom. The summed E-state index contributed by atoms with van der Waals surface area (Å²) in [5.74, 6) is -1.81. The second-order valence-corrected chi connectivity index (χ2v) is 11.1. The highest BCUT2D eigenvalue weighted by atomic mass is 32.1. The molecule has 0 aliphatic heterocycles. The number of rotatable bonds is 4. The number of carbonyl (C=O) groups is 2. The van der Waals surface area contributed by atoms with Gasteiger partial charge in [0, 0.05) is 27.4 Å². The van der Waals surface area contributed by atoms with E-state index in [9.17, 15) is 27.9 Å². The number of anilines is 1. The minimum Gasteiger partial charge on any atom is -0.449 e. The number of thiazole rings is 1. The lowest BCUT2D eigenvalue weighted by Crippen LogP contribution is -2.34. The van der Waals surface area contributed by atoms with Crippen LogP contribution in [0.3, 0.4) is 0 Å². The largest absolute Gasteiger partial charge is 0.511 e. The number of aryl methyl sites for hydroxylation is 1. The highest BCUT2D eigenvalue weighted by Crippen LogP contribution is 2.50. The van der Waals surface area contributed by atoms with Crippen molar-refractivity contribution in [3.8, 4) is 10.6 Å². The molecule has 0 unspecified atom stereocenters. The lowest BCUT2D eigenvalue weighted by molar-refractivity contribution is -0.176. The van der Waals surface area contributed by atoms with Crippen molar-refractivity contribution in [2.45, 2.75) is 58.0 Å². The zero-order valence-electron chi connectivity index (χ0n) is 18.3. The molecule has 1 fully saturated rings. The molecule has 2 heterocycles. The maximum absolute atomic E-state index is 13.4. The van der Waals surface area contributed by atoms with E-state index in [1.165, 1.54) is 22.7 Å². The molecule has 1 atom stereocenters. The highest BCUT2D eigenvalue weighted by Gasteiger charge is 2.44. The Hall–Kier alpha value is -2.40. The Bertz CT molecular complexity index is 1180. The molecular formula is C23H23F3N2O4S2. The Labute approximate surface area is 201 Å². The first-order valence-electron chi connectivity index (χ1n) is 11.2. The maximum atomic E-state index is 13.4. The summed E-state index contributed by atoms with van der Waals surface area (Å²) in [6.45, 7) is 1.84. The number of nitrogens with one attached hydrogen (secondary N) is 1. The predicted octanol–water partition coefficient (Wildman–Crippen LogP) is 6.55. The molecule has 0 radical (unpaired) electrons. The van der Waals surface area contributed by atoms with Gasteiger partial charge in [0.1, 0.15) is 15.8 Å². The fraction of sp³-hybridized carbons (Fsp3) is 0.522. The van der Waals surface area contributed by atoms with Crippen LogP contribution in [-0.2, 0) is 22.4 Å². The molecule has 11 heteroatoms. The predicted molar refractivity (Wildman–Crippen MR) is 122 cm³/mol. The van der Waals surface area contributed by atoms with E-state index in [1.54, 1.807) is 0 Å². The van der Waals surface area contributed by atoms with E-state index < -0.39 is 24.2 Å². The van der Waals surface area contributed by atoms with Crippen LogP contribution in [-0.4, -0.2) is 28.3 Å². The van der Waals surface area contributed by atoms with Gasteiger partial charge in [0.2, 0.25) is 0 Å². The van der Waals surface area contributed by atoms with Gasteiger partial charge in [0.15, 0.2) is 0 Å². The topological polar surface area (TPSA) is 88.5 Å². The van der Waals surface area contributed by atoms with Crippen molar-refractivity contribution in [1.29, 1.82) is 0 Å². The molecule has 2 aromatic rings. The molecule has 2 aromatic heterocycles. The molecule has 1 amide bonds. The second kappa shape index (κ2) is 8.67. The number of nitrogens with zero attached hydrogens (tertiary/aromatic N) is 1. The van der Waals surface area contributed by atoms with Crippen LogP contribution in [0, 0.1) is 24.7 Å². The third-order valence-electron chi connectivity index (χ3n) is 7.00. The van der Waals surface area contributed by atoms with Crippen LogP contribution < -0.4 is 5.32 Å². The third kappa shape index (κ3) is 4.24. The minimum atomic E-state index is -4.27. The molecule has 182 valence electrons. The number of halogens is 3. The summed E-state index contributed by atoms with van der Waals surface area (Å²) in [5.41, 5.74) is 2.65. The van der Waals surface area contributed by atoms with Gasteiger partial charge in [-0.05, 0) is 63.4 Å². The Morgan fingerprint density at radius 1 is 1.18 bits per heavy atom. The fourth-order valence-corrected chi connectivity index (χ4v) is 7.68. The van der Waals surface area contributed by atoms with Gasteiger partial charge >= 0.3 is 12.3 Å². The molecule has 6 nitrogen and oxygen atoms in total. The van der Waals surface area contributed by atoms with Crippen LogP contribution in [0.15, 0.2) is 16.7 Å². The second-order valence-electron chi connectivity index (χ2n) is 9.13. The summed E-state index contributed by atoms with van der Waals surface area (Å²) < 4.78 is 45.3. The molecule has 1 saturated carbocycles. The quantitative estimate of drug-likeness (QED) is 0.453. The molecule has 0 saturated heterocycles. The standard InChI is InChI=1S/C23H23F3N2O4S2/c1-10-9-33-20(27-10)17-14-7-6-13(23(24,25)26)8-15(14)34-21(17)28-19(29)16-11-2-4-12(5-3-11)18(16)32-22(30)31/h9,11-13H,2-8H2,1H3,(H,28,29)(H,30,31)/t11?,12?,13-/m1/s1. The van der Waals surface area contributed by atoms with E-state index in [4.69, 9.17) is 4.74 Å². The maximum Gasteiger partial charge on any atom is 0.511 e. The number of carboxylic acid groups (broad SMARTS) is 1. The van der Waals surface area contributed by atoms with E-state index in [0.29, 0.717) is 26.0 Å². The number of aromatic nitrogens is 1. The molecule has 2 bridgehead atoms. The number of amides is 1. The molecule has 0 aromatic carbocycles. The molecule has 2 N–H and O–H groups in total. The minimum absolute atomic E-state index is 0.00346. The summed E-state index contributed by atoms with van der Waals surface area (Å²) in [5, 5.41) is 15.1. The molecule has 4 aliphatic rings. The first-order valence-corrected chi connectivity index (χ1v) is 12.9. The monoisotopic (exact) mass is 512 g/mol. The van der Waals surface area contributed by atoms with Gasteiger partial charge < -0.3 is 15.2 Å². The lowest BCUT2D eigenvalue weighted by Gasteiger charge is -2.37. The molecule has 34 heavy (non-hydrogen) atoms. The van der Waals surface area contributed by atoms with Crippen molar-refractivity contribution in [2.24, 2.45) is 17.8 Å². The van der Waals surface area contributed by atoms with Crippen molar-refractivity contribution < 1.29 is 32.6 Å². The van der Waals surface area contributed by atoms with E-state index in [1.807, 2.05) is 12.3 Å². The van der Waals surface area contributed by atoms with Crippen molar-refractivity contribution >= 4 is 39.7 Å². The van der Waals surface area contributed by atoms with Gasteiger partial charge in [-0.3, -0.25) is 4.79 Å². The van der Waals surface area contributed by atoms with Gasteiger partial charge in [-0.25, -0.2) is 9.78 Å². The molecule has 0 spiro atoms. The number of fused-ring (bicyclic) bond motifs is 3. The summed E-state index contributed by atoms with van der Waals surface area (Å²) in [6.07, 6.45) is -2.43. The normalized spacial score (nSPS) is 24.2. The Balaban J connectivity index is 1.53. The van der Waals surface area contributed by atoms with Crippen LogP contribution in [0.4, 0.5) is 23.0 Å². The van der Waals surface area contributed by atoms with E-state index in [0.717, 1.165) is 36.9 Å². The summed E-state index contributed by atoms with van der Waals surface area (Å²) in [6, 6.07) is 0. The van der Waals surface area contributed by atoms with Gasteiger partial charge in [0.25, 0.3) is 5.91 Å². The fourth-order valence-electron chi connectivity index (χ4n) is 5.41. The van der Waals surface area contributed by atoms with Crippen LogP contribution in [0.5, 0.6) is 0 Å². The van der Waals surface area contributed by atoms with Crippen LogP contribution in [0.2, 0.25) is 0 Å². The number of alkyl halides is 3. The van der Waals surface area contributed by atoms with Gasteiger partial charge in [-0.2, -0.15) is 13.2 Å².